The zero-order chi connectivity index (χ0) is 13.7. The summed E-state index contributed by atoms with van der Waals surface area (Å²) in [5.74, 6) is -0.485. The summed E-state index contributed by atoms with van der Waals surface area (Å²) in [7, 11) is 1.14. The predicted molar refractivity (Wildman–Crippen MR) is 68.3 cm³/mol. The van der Waals surface area contributed by atoms with E-state index in [2.05, 4.69) is 20.7 Å². The van der Waals surface area contributed by atoms with E-state index in [0.717, 1.165) is 7.11 Å². The van der Waals surface area contributed by atoms with Crippen molar-refractivity contribution in [2.75, 3.05) is 13.7 Å². The molecule has 2 N–H and O–H groups in total. The maximum Gasteiger partial charge on any atom is 0.337 e. The molecule has 5 nitrogen and oxygen atoms in total. The van der Waals surface area contributed by atoms with Gasteiger partial charge in [-0.2, -0.15) is 0 Å². The van der Waals surface area contributed by atoms with Gasteiger partial charge in [0, 0.05) is 10.0 Å². The number of benzene rings is 1. The van der Waals surface area contributed by atoms with Crippen LogP contribution >= 0.6 is 15.9 Å². The average Bonchev–Trinajstić information content (AvgIpc) is 2.38. The van der Waals surface area contributed by atoms with Crippen molar-refractivity contribution in [1.29, 1.82) is 0 Å². The molecule has 2 unspecified atom stereocenters. The van der Waals surface area contributed by atoms with E-state index in [1.54, 1.807) is 25.1 Å². The van der Waals surface area contributed by atoms with Crippen LogP contribution in [0.25, 0.3) is 0 Å². The lowest BCUT2D eigenvalue weighted by Crippen LogP contribution is -2.29. The molecule has 0 aromatic heterocycles. The first-order valence-electron chi connectivity index (χ1n) is 5.37. The number of hydrogen-bond acceptors (Lipinski definition) is 5. The lowest BCUT2D eigenvalue weighted by molar-refractivity contribution is -0.156. The second-order valence-corrected chi connectivity index (χ2v) is 4.44. The first kappa shape index (κ1) is 14.9. The predicted octanol–water partition coefficient (Wildman–Crippen LogP) is 1.42. The molecule has 0 spiro atoms. The summed E-state index contributed by atoms with van der Waals surface area (Å²) < 4.78 is 10.4. The Labute approximate surface area is 113 Å². The maximum atomic E-state index is 11.2. The number of methoxy groups -OCH3 is 1. The SMILES string of the molecule is CCOc1ccc(Br)cc1C(O)C(O)C(=O)OC. The van der Waals surface area contributed by atoms with Crippen LogP contribution in [0, 0.1) is 0 Å². The summed E-state index contributed by atoms with van der Waals surface area (Å²) in [5.41, 5.74) is 0.323. The maximum absolute atomic E-state index is 11.2. The molecule has 100 valence electrons. The molecular weight excluding hydrogens is 304 g/mol. The lowest BCUT2D eigenvalue weighted by atomic mass is 10.0. The summed E-state index contributed by atoms with van der Waals surface area (Å²) in [6.45, 7) is 2.21. The van der Waals surface area contributed by atoms with Crippen LogP contribution in [0.3, 0.4) is 0 Å². The molecule has 1 aromatic carbocycles. The molecule has 0 heterocycles. The minimum absolute atomic E-state index is 0.323. The Morgan fingerprint density at radius 3 is 2.67 bits per heavy atom. The number of esters is 1. The van der Waals surface area contributed by atoms with Crippen molar-refractivity contribution >= 4 is 21.9 Å². The van der Waals surface area contributed by atoms with Gasteiger partial charge in [-0.3, -0.25) is 0 Å². The third kappa shape index (κ3) is 3.44. The van der Waals surface area contributed by atoms with Gasteiger partial charge in [-0.15, -0.1) is 0 Å². The van der Waals surface area contributed by atoms with Crippen molar-refractivity contribution in [1.82, 2.24) is 0 Å². The van der Waals surface area contributed by atoms with E-state index in [0.29, 0.717) is 22.4 Å². The van der Waals surface area contributed by atoms with E-state index in [9.17, 15) is 15.0 Å². The van der Waals surface area contributed by atoms with Gasteiger partial charge in [0.25, 0.3) is 0 Å². The fourth-order valence-electron chi connectivity index (χ4n) is 1.46. The molecule has 0 bridgehead atoms. The first-order valence-corrected chi connectivity index (χ1v) is 6.16. The van der Waals surface area contributed by atoms with Crippen molar-refractivity contribution in [3.63, 3.8) is 0 Å². The molecule has 1 aromatic rings. The Morgan fingerprint density at radius 2 is 2.11 bits per heavy atom. The van der Waals surface area contributed by atoms with Gasteiger partial charge in [0.15, 0.2) is 6.10 Å². The van der Waals surface area contributed by atoms with Crippen molar-refractivity contribution in [3.8, 4) is 5.75 Å². The number of carbonyl (C=O) groups excluding carboxylic acids is 1. The van der Waals surface area contributed by atoms with Crippen LogP contribution in [-0.2, 0) is 9.53 Å². The molecule has 0 saturated carbocycles. The average molecular weight is 319 g/mol. The fraction of sp³-hybridized carbons (Fsp3) is 0.417. The molecule has 0 fully saturated rings. The minimum atomic E-state index is -1.65. The van der Waals surface area contributed by atoms with Gasteiger partial charge in [0.05, 0.1) is 13.7 Å². The van der Waals surface area contributed by atoms with Crippen LogP contribution in [0.4, 0.5) is 0 Å². The van der Waals surface area contributed by atoms with Gasteiger partial charge < -0.3 is 19.7 Å². The summed E-state index contributed by atoms with van der Waals surface area (Å²) in [4.78, 5) is 11.2. The van der Waals surface area contributed by atoms with Gasteiger partial charge in [0.1, 0.15) is 11.9 Å². The summed E-state index contributed by atoms with van der Waals surface area (Å²) in [6.07, 6.45) is -3.06. The van der Waals surface area contributed by atoms with E-state index < -0.39 is 18.2 Å². The summed E-state index contributed by atoms with van der Waals surface area (Å²) in [6, 6.07) is 4.98. The zero-order valence-corrected chi connectivity index (χ0v) is 11.7. The second-order valence-electron chi connectivity index (χ2n) is 3.53. The Hall–Kier alpha value is -1.11. The number of ether oxygens (including phenoxy) is 2. The Balaban J connectivity index is 3.06. The van der Waals surface area contributed by atoms with Gasteiger partial charge >= 0.3 is 5.97 Å². The summed E-state index contributed by atoms with van der Waals surface area (Å²) in [5, 5.41) is 19.6. The van der Waals surface area contributed by atoms with E-state index in [-0.39, 0.29) is 0 Å². The topological polar surface area (TPSA) is 76.0 Å². The highest BCUT2D eigenvalue weighted by molar-refractivity contribution is 9.10. The highest BCUT2D eigenvalue weighted by Gasteiger charge is 2.28. The number of hydrogen-bond donors (Lipinski definition) is 2. The van der Waals surface area contributed by atoms with Crippen molar-refractivity contribution in [2.45, 2.75) is 19.1 Å². The minimum Gasteiger partial charge on any atom is -0.493 e. The molecule has 0 saturated heterocycles. The van der Waals surface area contributed by atoms with Crippen LogP contribution in [0.5, 0.6) is 5.75 Å². The van der Waals surface area contributed by atoms with Crippen LogP contribution in [-0.4, -0.2) is 36.0 Å². The summed E-state index contributed by atoms with van der Waals surface area (Å²) >= 11 is 3.25. The Kier molecular flexibility index (Phi) is 5.58. The van der Waals surface area contributed by atoms with Crippen molar-refractivity contribution in [3.05, 3.63) is 28.2 Å². The Morgan fingerprint density at radius 1 is 1.44 bits per heavy atom. The smallest absolute Gasteiger partial charge is 0.337 e. The largest absolute Gasteiger partial charge is 0.493 e. The van der Waals surface area contributed by atoms with E-state index in [1.807, 2.05) is 0 Å². The third-order valence-electron chi connectivity index (χ3n) is 2.33. The first-order chi connectivity index (χ1) is 8.51. The number of rotatable bonds is 5. The fourth-order valence-corrected chi connectivity index (χ4v) is 1.84. The normalized spacial score (nSPS) is 13.8. The number of carbonyl (C=O) groups is 1. The molecule has 18 heavy (non-hydrogen) atoms. The quantitative estimate of drug-likeness (QED) is 0.803. The molecule has 2 atom stereocenters. The second kappa shape index (κ2) is 6.72. The van der Waals surface area contributed by atoms with E-state index in [1.165, 1.54) is 0 Å². The van der Waals surface area contributed by atoms with E-state index in [4.69, 9.17) is 4.74 Å². The van der Waals surface area contributed by atoms with Gasteiger partial charge in [-0.25, -0.2) is 4.79 Å². The molecule has 6 heteroatoms. The van der Waals surface area contributed by atoms with E-state index >= 15 is 0 Å². The highest BCUT2D eigenvalue weighted by Crippen LogP contribution is 2.30. The van der Waals surface area contributed by atoms with Crippen LogP contribution in [0.15, 0.2) is 22.7 Å². The molecule has 0 aliphatic heterocycles. The van der Waals surface area contributed by atoms with Gasteiger partial charge in [0.2, 0.25) is 0 Å². The van der Waals surface area contributed by atoms with Crippen LogP contribution in [0.1, 0.15) is 18.6 Å². The van der Waals surface area contributed by atoms with Crippen LogP contribution < -0.4 is 4.74 Å². The number of halogens is 1. The van der Waals surface area contributed by atoms with Gasteiger partial charge in [-0.05, 0) is 25.1 Å². The molecular formula is C12H15BrO5. The van der Waals surface area contributed by atoms with Crippen molar-refractivity contribution in [2.24, 2.45) is 0 Å². The lowest BCUT2D eigenvalue weighted by Gasteiger charge is -2.19. The third-order valence-corrected chi connectivity index (χ3v) is 2.83. The van der Waals surface area contributed by atoms with Gasteiger partial charge in [-0.1, -0.05) is 15.9 Å². The molecule has 0 amide bonds. The van der Waals surface area contributed by atoms with Crippen LogP contribution in [0.2, 0.25) is 0 Å². The zero-order valence-electron chi connectivity index (χ0n) is 10.1. The Bertz CT molecular complexity index is 421. The van der Waals surface area contributed by atoms with Crippen molar-refractivity contribution < 1.29 is 24.5 Å². The highest BCUT2D eigenvalue weighted by atomic mass is 79.9. The number of aliphatic hydroxyl groups excluding tert-OH is 2. The monoisotopic (exact) mass is 318 g/mol. The molecule has 0 radical (unpaired) electrons. The standard InChI is InChI=1S/C12H15BrO5/c1-3-18-9-5-4-7(13)6-8(9)10(14)11(15)12(16)17-2/h4-6,10-11,14-15H,3H2,1-2H3. The molecule has 0 aliphatic carbocycles. The number of aliphatic hydroxyl groups is 2. The molecule has 1 rings (SSSR count). The molecule has 0 aliphatic rings.